The van der Waals surface area contributed by atoms with Gasteiger partial charge in [0.15, 0.2) is 0 Å². The molecule has 0 aliphatic heterocycles. The molecule has 0 N–H and O–H groups in total. The molecule has 109 valence electrons. The van der Waals surface area contributed by atoms with E-state index in [0.717, 1.165) is 6.42 Å². The van der Waals surface area contributed by atoms with E-state index >= 15 is 0 Å². The standard InChI is InChI=1S/C21H25/c1-20(2,3)15-11-10-14-12-18-16(17(14)13-15)8-7-9-19(18)21(4,5)6/h7-9,11,13H,12H2,1-6H3. The quantitative estimate of drug-likeness (QED) is 0.498. The summed E-state index contributed by atoms with van der Waals surface area (Å²) < 4.78 is 0. The van der Waals surface area contributed by atoms with Crippen LogP contribution in [0.5, 0.6) is 0 Å². The zero-order valence-corrected chi connectivity index (χ0v) is 14.1. The van der Waals surface area contributed by atoms with E-state index in [-0.39, 0.29) is 10.8 Å². The van der Waals surface area contributed by atoms with E-state index in [4.69, 9.17) is 0 Å². The highest BCUT2D eigenvalue weighted by Gasteiger charge is 2.27. The number of benzene rings is 2. The van der Waals surface area contributed by atoms with E-state index in [2.05, 4.69) is 77.9 Å². The van der Waals surface area contributed by atoms with Crippen molar-refractivity contribution in [3.63, 3.8) is 0 Å². The van der Waals surface area contributed by atoms with E-state index in [1.54, 1.807) is 0 Å². The Kier molecular flexibility index (Phi) is 3.06. The molecule has 0 fully saturated rings. The van der Waals surface area contributed by atoms with Gasteiger partial charge < -0.3 is 0 Å². The molecule has 0 bridgehead atoms. The number of rotatable bonds is 0. The van der Waals surface area contributed by atoms with E-state index < -0.39 is 0 Å². The molecule has 0 heteroatoms. The van der Waals surface area contributed by atoms with Crippen molar-refractivity contribution in [1.82, 2.24) is 0 Å². The van der Waals surface area contributed by atoms with Gasteiger partial charge >= 0.3 is 0 Å². The van der Waals surface area contributed by atoms with Crippen molar-refractivity contribution in [2.45, 2.75) is 58.8 Å². The summed E-state index contributed by atoms with van der Waals surface area (Å²) in [6.45, 7) is 13.7. The van der Waals surface area contributed by atoms with Crippen molar-refractivity contribution in [1.29, 1.82) is 0 Å². The molecule has 2 aromatic rings. The zero-order chi connectivity index (χ0) is 15.4. The lowest BCUT2D eigenvalue weighted by molar-refractivity contribution is 0.585. The fraction of sp³-hybridized carbons (Fsp3) is 0.429. The molecular formula is C21H25. The van der Waals surface area contributed by atoms with Crippen LogP contribution in [0.1, 0.15) is 63.8 Å². The fourth-order valence-electron chi connectivity index (χ4n) is 3.26. The third kappa shape index (κ3) is 2.41. The predicted octanol–water partition coefficient (Wildman–Crippen LogP) is 5.65. The highest BCUT2D eigenvalue weighted by atomic mass is 14.3. The lowest BCUT2D eigenvalue weighted by atomic mass is 9.82. The van der Waals surface area contributed by atoms with Crippen LogP contribution in [0.3, 0.4) is 0 Å². The van der Waals surface area contributed by atoms with Gasteiger partial charge in [0.25, 0.3) is 0 Å². The molecule has 1 aliphatic carbocycles. The van der Waals surface area contributed by atoms with Crippen molar-refractivity contribution in [2.24, 2.45) is 0 Å². The third-order valence-corrected chi connectivity index (χ3v) is 4.52. The summed E-state index contributed by atoms with van der Waals surface area (Å²) in [7, 11) is 0. The van der Waals surface area contributed by atoms with Gasteiger partial charge in [0.05, 0.1) is 0 Å². The van der Waals surface area contributed by atoms with Crippen molar-refractivity contribution in [3.8, 4) is 11.1 Å². The molecule has 1 aliphatic rings. The zero-order valence-electron chi connectivity index (χ0n) is 14.1. The second-order valence-electron chi connectivity index (χ2n) is 8.29. The molecule has 2 aromatic carbocycles. The molecule has 1 radical (unpaired) electrons. The van der Waals surface area contributed by atoms with Crippen LogP contribution in [-0.2, 0) is 17.3 Å². The topological polar surface area (TPSA) is 0 Å². The largest absolute Gasteiger partial charge is 0.0613 e. The highest BCUT2D eigenvalue weighted by molar-refractivity contribution is 5.78. The summed E-state index contributed by atoms with van der Waals surface area (Å²) in [5, 5.41) is 0. The van der Waals surface area contributed by atoms with Gasteiger partial charge in [-0.1, -0.05) is 71.9 Å². The van der Waals surface area contributed by atoms with Gasteiger partial charge in [-0.05, 0) is 56.7 Å². The molecule has 21 heavy (non-hydrogen) atoms. The first-order chi connectivity index (χ1) is 9.68. The SMILES string of the molecule is CC(C)(C)c1c[c]c2c(c1)-c1cccc(C(C)(C)C)c1C2. The Morgan fingerprint density at radius 2 is 1.62 bits per heavy atom. The van der Waals surface area contributed by atoms with Crippen molar-refractivity contribution in [3.05, 3.63) is 58.7 Å². The highest BCUT2D eigenvalue weighted by Crippen LogP contribution is 2.42. The van der Waals surface area contributed by atoms with Gasteiger partial charge in [-0.25, -0.2) is 0 Å². The summed E-state index contributed by atoms with van der Waals surface area (Å²) in [5.41, 5.74) is 8.88. The van der Waals surface area contributed by atoms with Gasteiger partial charge in [0.1, 0.15) is 0 Å². The molecule has 0 nitrogen and oxygen atoms in total. The molecule has 0 saturated heterocycles. The minimum atomic E-state index is 0.177. The maximum absolute atomic E-state index is 3.55. The summed E-state index contributed by atoms with van der Waals surface area (Å²) >= 11 is 0. The first-order valence-corrected chi connectivity index (χ1v) is 7.86. The van der Waals surface area contributed by atoms with Gasteiger partial charge in [0.2, 0.25) is 0 Å². The summed E-state index contributed by atoms with van der Waals surface area (Å²) in [4.78, 5) is 0. The second-order valence-corrected chi connectivity index (χ2v) is 8.29. The number of hydrogen-bond acceptors (Lipinski definition) is 0. The molecule has 0 amide bonds. The Morgan fingerprint density at radius 1 is 0.905 bits per heavy atom. The first-order valence-electron chi connectivity index (χ1n) is 7.86. The van der Waals surface area contributed by atoms with Crippen LogP contribution in [0.2, 0.25) is 0 Å². The Hall–Kier alpha value is -1.56. The molecule has 0 unspecified atom stereocenters. The summed E-state index contributed by atoms with van der Waals surface area (Å²) in [6, 6.07) is 14.9. The minimum Gasteiger partial charge on any atom is -0.0613 e. The van der Waals surface area contributed by atoms with Gasteiger partial charge in [-0.15, -0.1) is 0 Å². The Bertz CT molecular complexity index is 691. The third-order valence-electron chi connectivity index (χ3n) is 4.52. The average Bonchev–Trinajstić information content (AvgIpc) is 2.73. The number of fused-ring (bicyclic) bond motifs is 3. The minimum absolute atomic E-state index is 0.177. The van der Waals surface area contributed by atoms with Gasteiger partial charge in [0, 0.05) is 0 Å². The van der Waals surface area contributed by atoms with Crippen LogP contribution in [0.25, 0.3) is 11.1 Å². The maximum atomic E-state index is 3.55. The van der Waals surface area contributed by atoms with Crippen LogP contribution in [0.15, 0.2) is 30.3 Å². The van der Waals surface area contributed by atoms with Crippen LogP contribution in [-0.4, -0.2) is 0 Å². The maximum Gasteiger partial charge on any atom is -0.000433 e. The van der Waals surface area contributed by atoms with E-state index in [1.165, 1.54) is 33.4 Å². The normalized spacial score (nSPS) is 14.0. The molecule has 3 rings (SSSR count). The molecule has 0 saturated carbocycles. The molecule has 0 atom stereocenters. The fourth-order valence-corrected chi connectivity index (χ4v) is 3.26. The van der Waals surface area contributed by atoms with Crippen molar-refractivity contribution in [2.75, 3.05) is 0 Å². The van der Waals surface area contributed by atoms with Gasteiger partial charge in [-0.2, -0.15) is 0 Å². The van der Waals surface area contributed by atoms with Gasteiger partial charge in [-0.3, -0.25) is 0 Å². The average molecular weight is 277 g/mol. The Labute approximate surface area is 129 Å². The lowest BCUT2D eigenvalue weighted by Gasteiger charge is -2.22. The van der Waals surface area contributed by atoms with Crippen LogP contribution in [0, 0.1) is 6.07 Å². The monoisotopic (exact) mass is 277 g/mol. The molecule has 0 aromatic heterocycles. The molecule has 0 heterocycles. The van der Waals surface area contributed by atoms with Crippen molar-refractivity contribution < 1.29 is 0 Å². The van der Waals surface area contributed by atoms with E-state index in [0.29, 0.717) is 0 Å². The smallest absolute Gasteiger partial charge is 0.000433 e. The van der Waals surface area contributed by atoms with Crippen LogP contribution in [0.4, 0.5) is 0 Å². The number of hydrogen-bond donors (Lipinski definition) is 0. The molecule has 0 spiro atoms. The van der Waals surface area contributed by atoms with Crippen molar-refractivity contribution >= 4 is 0 Å². The van der Waals surface area contributed by atoms with Crippen LogP contribution < -0.4 is 0 Å². The Morgan fingerprint density at radius 3 is 2.24 bits per heavy atom. The Balaban J connectivity index is 2.18. The summed E-state index contributed by atoms with van der Waals surface area (Å²) in [6.07, 6.45) is 1.03. The van der Waals surface area contributed by atoms with Crippen LogP contribution >= 0.6 is 0 Å². The van der Waals surface area contributed by atoms with E-state index in [1.807, 2.05) is 0 Å². The summed E-state index contributed by atoms with van der Waals surface area (Å²) in [5.74, 6) is 0. The van der Waals surface area contributed by atoms with E-state index in [9.17, 15) is 0 Å². The molecular weight excluding hydrogens is 252 g/mol. The predicted molar refractivity (Wildman–Crippen MR) is 90.9 cm³/mol. The first kappa shape index (κ1) is 14.4. The lowest BCUT2D eigenvalue weighted by Crippen LogP contribution is -2.13. The second kappa shape index (κ2) is 4.47.